The molecular weight excluding hydrogens is 485 g/mol. The number of nitrogen functional groups attached to an aromatic ring is 1. The lowest BCUT2D eigenvalue weighted by molar-refractivity contribution is 0.0201. The van der Waals surface area contributed by atoms with Gasteiger partial charge in [0.05, 0.1) is 0 Å². The molecule has 10 heteroatoms. The van der Waals surface area contributed by atoms with Gasteiger partial charge in [0.2, 0.25) is 0 Å². The molecule has 1 atom stereocenters. The predicted octanol–water partition coefficient (Wildman–Crippen LogP) is 5.58. The highest BCUT2D eigenvalue weighted by atomic mass is 35.5. The normalized spacial score (nSPS) is 15.8. The van der Waals surface area contributed by atoms with Gasteiger partial charge in [-0.25, -0.2) is 14.2 Å². The van der Waals surface area contributed by atoms with Gasteiger partial charge in [-0.3, -0.25) is 0 Å². The van der Waals surface area contributed by atoms with E-state index in [9.17, 15) is 9.18 Å². The highest BCUT2D eigenvalue weighted by Gasteiger charge is 2.26. The molecule has 1 unspecified atom stereocenters. The van der Waals surface area contributed by atoms with Gasteiger partial charge in [0.15, 0.2) is 11.6 Å². The summed E-state index contributed by atoms with van der Waals surface area (Å²) in [7, 11) is 0. The van der Waals surface area contributed by atoms with E-state index in [0.29, 0.717) is 40.6 Å². The van der Waals surface area contributed by atoms with Crippen LogP contribution in [0.25, 0.3) is 5.57 Å². The Labute approximate surface area is 216 Å². The average Bonchev–Trinajstić information content (AvgIpc) is 2.82. The number of carbonyl (C=O) groups excluding carboxylic acids is 1. The number of likely N-dealkylation sites (tertiary alicyclic amines) is 1. The van der Waals surface area contributed by atoms with Gasteiger partial charge >= 0.3 is 6.09 Å². The molecule has 1 aromatic heterocycles. The largest absolute Gasteiger partial charge is 0.482 e. The highest BCUT2D eigenvalue weighted by molar-refractivity contribution is 6.31. The van der Waals surface area contributed by atoms with Gasteiger partial charge in [-0.05, 0) is 64.8 Å². The first-order valence-corrected chi connectivity index (χ1v) is 12.2. The number of anilines is 1. The molecule has 0 bridgehead atoms. The topological polar surface area (TPSA) is 114 Å². The van der Waals surface area contributed by atoms with Crippen molar-refractivity contribution >= 4 is 35.3 Å². The summed E-state index contributed by atoms with van der Waals surface area (Å²) in [6, 6.07) is 5.91. The summed E-state index contributed by atoms with van der Waals surface area (Å²) in [6.07, 6.45) is 5.16. The number of pyridine rings is 1. The molecule has 1 amide bonds. The maximum atomic E-state index is 13.7. The second-order valence-corrected chi connectivity index (χ2v) is 10.1. The van der Waals surface area contributed by atoms with Crippen LogP contribution in [0.5, 0.6) is 5.75 Å². The minimum atomic E-state index is -0.576. The molecule has 8 nitrogen and oxygen atoms in total. The summed E-state index contributed by atoms with van der Waals surface area (Å²) in [6.45, 7) is 8.46. The fraction of sp³-hybridized carbons (Fsp3) is 0.423. The van der Waals surface area contributed by atoms with Crippen molar-refractivity contribution in [2.75, 3.05) is 18.8 Å². The molecule has 2 heterocycles. The fourth-order valence-electron chi connectivity index (χ4n) is 3.76. The summed E-state index contributed by atoms with van der Waals surface area (Å²) in [5, 5.41) is 11.6. The number of nitrogens with zero attached hydrogens (tertiary/aromatic N) is 2. The Kier molecular flexibility index (Phi) is 8.79. The number of nitrogens with one attached hydrogen (secondary N) is 2. The molecule has 36 heavy (non-hydrogen) atoms. The Morgan fingerprint density at radius 3 is 2.67 bits per heavy atom. The summed E-state index contributed by atoms with van der Waals surface area (Å²) < 4.78 is 25.1. The Balaban J connectivity index is 1.65. The predicted molar refractivity (Wildman–Crippen MR) is 140 cm³/mol. The molecule has 1 fully saturated rings. The van der Waals surface area contributed by atoms with E-state index in [2.05, 4.69) is 10.3 Å². The first-order chi connectivity index (χ1) is 17.0. The van der Waals surface area contributed by atoms with Crippen LogP contribution in [0.4, 0.5) is 15.0 Å². The zero-order valence-electron chi connectivity index (χ0n) is 21.0. The number of hydrogen-bond acceptors (Lipinski definition) is 7. The monoisotopic (exact) mass is 517 g/mol. The van der Waals surface area contributed by atoms with Crippen LogP contribution in [0.1, 0.15) is 57.8 Å². The van der Waals surface area contributed by atoms with Crippen LogP contribution in [-0.4, -0.2) is 46.9 Å². The van der Waals surface area contributed by atoms with Crippen molar-refractivity contribution in [1.82, 2.24) is 15.2 Å². The number of rotatable bonds is 7. The van der Waals surface area contributed by atoms with E-state index in [1.54, 1.807) is 30.3 Å². The van der Waals surface area contributed by atoms with Crippen molar-refractivity contribution in [3.63, 3.8) is 0 Å². The standard InChI is InChI=1S/C26H33ClFN5O3/c1-16(21-12-19(28)5-6-22(21)27)35-23-11-17(14-32-24(23)30)18(13-29)15-31-20-7-9-33(10-8-20)25(34)36-26(2,3)4/h5-6,11-16,20,29,31H,7-10H2,1-4H3,(H2,30,32)/b18-15+,29-13?. The smallest absolute Gasteiger partial charge is 0.410 e. The summed E-state index contributed by atoms with van der Waals surface area (Å²) in [5.74, 6) is 0.0606. The molecular formula is C26H33ClFN5O3. The number of aromatic nitrogens is 1. The second kappa shape index (κ2) is 11.6. The van der Waals surface area contributed by atoms with Crippen LogP contribution < -0.4 is 15.8 Å². The molecule has 4 N–H and O–H groups in total. The van der Waals surface area contributed by atoms with Crippen LogP contribution in [0.2, 0.25) is 5.02 Å². The SMILES string of the molecule is CC(Oc1cc(/C(C=N)=C/NC2CCN(C(=O)OC(C)(C)C)CC2)cnc1N)c1cc(F)ccc1Cl. The van der Waals surface area contributed by atoms with Crippen LogP contribution >= 0.6 is 11.6 Å². The van der Waals surface area contributed by atoms with E-state index in [4.69, 9.17) is 32.2 Å². The Morgan fingerprint density at radius 1 is 1.33 bits per heavy atom. The van der Waals surface area contributed by atoms with Crippen LogP contribution in [0.3, 0.4) is 0 Å². The van der Waals surface area contributed by atoms with E-state index >= 15 is 0 Å². The van der Waals surface area contributed by atoms with Crippen LogP contribution in [0, 0.1) is 11.2 Å². The van der Waals surface area contributed by atoms with Crippen molar-refractivity contribution < 1.29 is 18.7 Å². The molecule has 194 valence electrons. The molecule has 0 radical (unpaired) electrons. The van der Waals surface area contributed by atoms with E-state index in [-0.39, 0.29) is 18.0 Å². The third-order valence-corrected chi connectivity index (χ3v) is 6.04. The maximum absolute atomic E-state index is 13.7. The third kappa shape index (κ3) is 7.34. The van der Waals surface area contributed by atoms with Crippen molar-refractivity contribution in [1.29, 1.82) is 5.41 Å². The van der Waals surface area contributed by atoms with E-state index in [1.165, 1.54) is 24.4 Å². The molecule has 0 saturated carbocycles. The molecule has 0 spiro atoms. The minimum absolute atomic E-state index is 0.145. The number of nitrogens with two attached hydrogens (primary N) is 1. The van der Waals surface area contributed by atoms with Gasteiger partial charge in [0.25, 0.3) is 0 Å². The minimum Gasteiger partial charge on any atom is -0.482 e. The van der Waals surface area contributed by atoms with Gasteiger partial charge in [-0.15, -0.1) is 0 Å². The van der Waals surface area contributed by atoms with Crippen molar-refractivity contribution in [2.24, 2.45) is 0 Å². The number of amides is 1. The number of ether oxygens (including phenoxy) is 2. The maximum Gasteiger partial charge on any atom is 0.410 e. The van der Waals surface area contributed by atoms with Crippen LogP contribution in [-0.2, 0) is 4.74 Å². The van der Waals surface area contributed by atoms with E-state index in [0.717, 1.165) is 12.8 Å². The van der Waals surface area contributed by atoms with Gasteiger partial charge in [0.1, 0.15) is 17.5 Å². The number of hydrogen-bond donors (Lipinski definition) is 3. The zero-order valence-corrected chi connectivity index (χ0v) is 21.7. The first-order valence-electron chi connectivity index (χ1n) is 11.8. The van der Waals surface area contributed by atoms with E-state index in [1.807, 2.05) is 20.8 Å². The third-order valence-electron chi connectivity index (χ3n) is 5.69. The molecule has 1 saturated heterocycles. The molecule has 1 aromatic carbocycles. The average molecular weight is 518 g/mol. The first kappa shape index (κ1) is 27.3. The van der Waals surface area contributed by atoms with Gasteiger partial charge in [-0.1, -0.05) is 11.6 Å². The second-order valence-electron chi connectivity index (χ2n) is 9.69. The van der Waals surface area contributed by atoms with Crippen molar-refractivity contribution in [3.05, 3.63) is 58.6 Å². The Morgan fingerprint density at radius 2 is 2.03 bits per heavy atom. The summed E-state index contributed by atoms with van der Waals surface area (Å²) >= 11 is 6.20. The van der Waals surface area contributed by atoms with Crippen LogP contribution in [0.15, 0.2) is 36.7 Å². The number of allylic oxidation sites excluding steroid dienone is 1. The molecule has 1 aliphatic rings. The summed E-state index contributed by atoms with van der Waals surface area (Å²) in [5.41, 5.74) is 7.19. The number of halogens is 2. The quantitative estimate of drug-likeness (QED) is 0.413. The zero-order chi connectivity index (χ0) is 26.5. The Hall–Kier alpha value is -3.33. The molecule has 2 aromatic rings. The number of carbonyl (C=O) groups is 1. The van der Waals surface area contributed by atoms with Gasteiger partial charge < -0.3 is 30.8 Å². The van der Waals surface area contributed by atoms with Gasteiger partial charge in [0, 0.05) is 59.5 Å². The fourth-order valence-corrected chi connectivity index (χ4v) is 4.03. The van der Waals surface area contributed by atoms with Crippen molar-refractivity contribution in [3.8, 4) is 5.75 Å². The highest BCUT2D eigenvalue weighted by Crippen LogP contribution is 2.31. The van der Waals surface area contributed by atoms with Gasteiger partial charge in [-0.2, -0.15) is 0 Å². The number of piperidine rings is 1. The molecule has 0 aliphatic carbocycles. The van der Waals surface area contributed by atoms with Crippen molar-refractivity contribution in [2.45, 2.75) is 58.3 Å². The molecule has 1 aliphatic heterocycles. The summed E-state index contributed by atoms with van der Waals surface area (Å²) in [4.78, 5) is 18.2. The lowest BCUT2D eigenvalue weighted by Gasteiger charge is -2.33. The van der Waals surface area contributed by atoms with E-state index < -0.39 is 17.5 Å². The Bertz CT molecular complexity index is 1130. The lowest BCUT2D eigenvalue weighted by atomic mass is 10.0. The molecule has 3 rings (SSSR count). The lowest BCUT2D eigenvalue weighted by Crippen LogP contribution is -2.45. The number of benzene rings is 1.